The highest BCUT2D eigenvalue weighted by Gasteiger charge is 2.46. The molecule has 3 nitrogen and oxygen atoms in total. The van der Waals surface area contributed by atoms with Gasteiger partial charge < -0.3 is 14.9 Å². The summed E-state index contributed by atoms with van der Waals surface area (Å²) in [4.78, 5) is 0. The molecule has 2 rings (SSSR count). The highest BCUT2D eigenvalue weighted by Crippen LogP contribution is 2.44. The van der Waals surface area contributed by atoms with Gasteiger partial charge in [-0.3, -0.25) is 0 Å². The number of aliphatic hydroxyl groups is 2. The molecule has 0 spiro atoms. The summed E-state index contributed by atoms with van der Waals surface area (Å²) in [5.41, 5.74) is -0.988. The van der Waals surface area contributed by atoms with Gasteiger partial charge >= 0.3 is 0 Å². The molecule has 1 aromatic rings. The molecule has 2 N–H and O–H groups in total. The van der Waals surface area contributed by atoms with Crippen LogP contribution in [0.2, 0.25) is 0 Å². The molecule has 0 radical (unpaired) electrons. The van der Waals surface area contributed by atoms with Crippen LogP contribution in [0.3, 0.4) is 0 Å². The van der Waals surface area contributed by atoms with E-state index in [1.165, 1.54) is 0 Å². The fourth-order valence-corrected chi connectivity index (χ4v) is 3.33. The fraction of sp³-hybridized carbons (Fsp3) is 0.625. The number of hydrogen-bond donors (Lipinski definition) is 2. The highest BCUT2D eigenvalue weighted by molar-refractivity contribution is 5.31. The van der Waals surface area contributed by atoms with Gasteiger partial charge in [0.2, 0.25) is 0 Å². The molecule has 0 bridgehead atoms. The van der Waals surface area contributed by atoms with Gasteiger partial charge in [0.1, 0.15) is 5.75 Å². The van der Waals surface area contributed by atoms with Gasteiger partial charge in [0.15, 0.2) is 0 Å². The Kier molecular flexibility index (Phi) is 3.88. The predicted molar refractivity (Wildman–Crippen MR) is 75.1 cm³/mol. The molecule has 1 aliphatic carbocycles. The van der Waals surface area contributed by atoms with Crippen LogP contribution in [0, 0.1) is 5.92 Å². The predicted octanol–water partition coefficient (Wildman–Crippen LogP) is 2.84. The molecule has 3 atom stereocenters. The van der Waals surface area contributed by atoms with E-state index < -0.39 is 11.2 Å². The third-order valence-electron chi connectivity index (χ3n) is 4.53. The van der Waals surface area contributed by atoms with Gasteiger partial charge in [0, 0.05) is 5.92 Å². The monoisotopic (exact) mass is 264 g/mol. The summed E-state index contributed by atoms with van der Waals surface area (Å²) >= 11 is 0. The molecule has 3 heteroatoms. The summed E-state index contributed by atoms with van der Waals surface area (Å²) in [6.07, 6.45) is 3.70. The zero-order valence-corrected chi connectivity index (χ0v) is 12.0. The van der Waals surface area contributed by atoms with Crippen LogP contribution in [0.5, 0.6) is 5.75 Å². The minimum Gasteiger partial charge on any atom is -0.497 e. The molecule has 0 aliphatic heterocycles. The van der Waals surface area contributed by atoms with E-state index in [2.05, 4.69) is 0 Å². The Morgan fingerprint density at radius 1 is 1.26 bits per heavy atom. The molecule has 0 aromatic heterocycles. The summed E-state index contributed by atoms with van der Waals surface area (Å²) in [6, 6.07) is 7.45. The second-order valence-corrected chi connectivity index (χ2v) is 6.03. The smallest absolute Gasteiger partial charge is 0.118 e. The van der Waals surface area contributed by atoms with Crippen LogP contribution in [-0.4, -0.2) is 22.9 Å². The lowest BCUT2D eigenvalue weighted by Crippen LogP contribution is -2.48. The van der Waals surface area contributed by atoms with Crippen LogP contribution < -0.4 is 4.74 Å². The van der Waals surface area contributed by atoms with Crippen LogP contribution in [0.25, 0.3) is 0 Å². The first kappa shape index (κ1) is 14.4. The Bertz CT molecular complexity index is 420. The first-order valence-electron chi connectivity index (χ1n) is 6.97. The van der Waals surface area contributed by atoms with Crippen molar-refractivity contribution in [2.75, 3.05) is 7.11 Å². The van der Waals surface area contributed by atoms with E-state index in [9.17, 15) is 10.2 Å². The van der Waals surface area contributed by atoms with Gasteiger partial charge in [0.25, 0.3) is 0 Å². The Balaban J connectivity index is 2.29. The van der Waals surface area contributed by atoms with Crippen molar-refractivity contribution in [2.45, 2.75) is 50.7 Å². The van der Waals surface area contributed by atoms with Crippen molar-refractivity contribution in [1.29, 1.82) is 0 Å². The minimum absolute atomic E-state index is 0.137. The second-order valence-electron chi connectivity index (χ2n) is 6.03. The summed E-state index contributed by atoms with van der Waals surface area (Å²) in [6.45, 7) is 3.65. The van der Waals surface area contributed by atoms with Crippen molar-refractivity contribution in [3.63, 3.8) is 0 Å². The lowest BCUT2D eigenvalue weighted by molar-refractivity contribution is -0.133. The maximum Gasteiger partial charge on any atom is 0.118 e. The van der Waals surface area contributed by atoms with E-state index in [0.717, 1.165) is 37.0 Å². The largest absolute Gasteiger partial charge is 0.497 e. The van der Waals surface area contributed by atoms with Crippen LogP contribution in [0.4, 0.5) is 0 Å². The molecule has 106 valence electrons. The first-order valence-corrected chi connectivity index (χ1v) is 6.97. The molecule has 19 heavy (non-hydrogen) atoms. The first-order chi connectivity index (χ1) is 8.88. The summed E-state index contributed by atoms with van der Waals surface area (Å²) in [7, 11) is 1.62. The zero-order valence-electron chi connectivity index (χ0n) is 12.0. The van der Waals surface area contributed by atoms with E-state index in [1.54, 1.807) is 14.0 Å². The average molecular weight is 264 g/mol. The van der Waals surface area contributed by atoms with E-state index in [4.69, 9.17) is 4.74 Å². The SMILES string of the molecule is COc1ccc([C@](C)(O)[C@@H]2CCCC[C@]2(C)O)cc1. The van der Waals surface area contributed by atoms with Gasteiger partial charge in [-0.25, -0.2) is 0 Å². The van der Waals surface area contributed by atoms with Crippen molar-refractivity contribution >= 4 is 0 Å². The Morgan fingerprint density at radius 3 is 2.42 bits per heavy atom. The van der Waals surface area contributed by atoms with Crippen LogP contribution >= 0.6 is 0 Å². The summed E-state index contributed by atoms with van der Waals surface area (Å²) < 4.78 is 5.14. The maximum atomic E-state index is 10.9. The summed E-state index contributed by atoms with van der Waals surface area (Å²) in [5.74, 6) is 0.636. The third kappa shape index (κ3) is 2.77. The van der Waals surface area contributed by atoms with Crippen molar-refractivity contribution in [3.8, 4) is 5.75 Å². The molecule has 1 fully saturated rings. The number of ether oxygens (including phenoxy) is 1. The van der Waals surface area contributed by atoms with Gasteiger partial charge in [-0.05, 0) is 44.4 Å². The van der Waals surface area contributed by atoms with E-state index in [0.29, 0.717) is 0 Å². The average Bonchev–Trinajstić information content (AvgIpc) is 2.38. The van der Waals surface area contributed by atoms with E-state index in [1.807, 2.05) is 31.2 Å². The minimum atomic E-state index is -1.02. The molecule has 1 saturated carbocycles. The molecule has 0 heterocycles. The molecule has 0 saturated heterocycles. The van der Waals surface area contributed by atoms with Crippen molar-refractivity contribution in [2.24, 2.45) is 5.92 Å². The molecule has 1 aliphatic rings. The molecule has 0 unspecified atom stereocenters. The third-order valence-corrected chi connectivity index (χ3v) is 4.53. The standard InChI is InChI=1S/C16H24O3/c1-15(17)11-5-4-6-14(15)16(2,18)12-7-9-13(19-3)10-8-12/h7-10,14,17-18H,4-6,11H2,1-3H3/t14-,15+,16+/m1/s1. The zero-order chi connectivity index (χ0) is 14.1. The lowest BCUT2D eigenvalue weighted by atomic mass is 9.66. The van der Waals surface area contributed by atoms with Gasteiger partial charge in [-0.2, -0.15) is 0 Å². The summed E-state index contributed by atoms with van der Waals surface area (Å²) in [5, 5.41) is 21.5. The number of rotatable bonds is 3. The number of hydrogen-bond acceptors (Lipinski definition) is 3. The van der Waals surface area contributed by atoms with Gasteiger partial charge in [-0.1, -0.05) is 25.0 Å². The Morgan fingerprint density at radius 2 is 1.89 bits per heavy atom. The van der Waals surface area contributed by atoms with Crippen molar-refractivity contribution in [3.05, 3.63) is 29.8 Å². The van der Waals surface area contributed by atoms with Crippen LogP contribution in [-0.2, 0) is 5.60 Å². The Labute approximate surface area is 115 Å². The Hall–Kier alpha value is -1.06. The number of methoxy groups -OCH3 is 1. The molecular weight excluding hydrogens is 240 g/mol. The van der Waals surface area contributed by atoms with E-state index >= 15 is 0 Å². The van der Waals surface area contributed by atoms with Crippen molar-refractivity contribution in [1.82, 2.24) is 0 Å². The number of benzene rings is 1. The topological polar surface area (TPSA) is 49.7 Å². The highest BCUT2D eigenvalue weighted by atomic mass is 16.5. The molecule has 1 aromatic carbocycles. The van der Waals surface area contributed by atoms with Crippen molar-refractivity contribution < 1.29 is 14.9 Å². The van der Waals surface area contributed by atoms with Crippen LogP contribution in [0.1, 0.15) is 45.1 Å². The normalized spacial score (nSPS) is 30.7. The molecular formula is C16H24O3. The maximum absolute atomic E-state index is 10.9. The van der Waals surface area contributed by atoms with E-state index in [-0.39, 0.29) is 5.92 Å². The second kappa shape index (κ2) is 5.14. The lowest BCUT2D eigenvalue weighted by Gasteiger charge is -2.45. The fourth-order valence-electron chi connectivity index (χ4n) is 3.33. The van der Waals surface area contributed by atoms with Gasteiger partial charge in [-0.15, -0.1) is 0 Å². The quantitative estimate of drug-likeness (QED) is 0.882. The van der Waals surface area contributed by atoms with Gasteiger partial charge in [0.05, 0.1) is 18.3 Å². The molecule has 0 amide bonds. The van der Waals surface area contributed by atoms with Crippen LogP contribution in [0.15, 0.2) is 24.3 Å².